The second-order valence-electron chi connectivity index (χ2n) is 7.71. The highest BCUT2D eigenvalue weighted by atomic mass is 16.5. The topological polar surface area (TPSA) is 63.9 Å². The summed E-state index contributed by atoms with van der Waals surface area (Å²) in [6.45, 7) is 5.16. The summed E-state index contributed by atoms with van der Waals surface area (Å²) in [4.78, 5) is 14.8. The third kappa shape index (κ3) is 3.42. The fourth-order valence-corrected chi connectivity index (χ4v) is 4.84. The molecule has 0 saturated carbocycles. The zero-order chi connectivity index (χ0) is 19.7. The van der Waals surface area contributed by atoms with Gasteiger partial charge in [-0.15, -0.1) is 0 Å². The zero-order valence-electron chi connectivity index (χ0n) is 16.5. The minimum atomic E-state index is -0.141. The van der Waals surface area contributed by atoms with E-state index in [0.717, 1.165) is 43.2 Å². The summed E-state index contributed by atoms with van der Waals surface area (Å²) in [5, 5.41) is 9.99. The molecule has 2 aliphatic heterocycles. The fraction of sp³-hybridized carbons (Fsp3) is 0.500. The molecule has 2 aromatic rings. The summed E-state index contributed by atoms with van der Waals surface area (Å²) in [7, 11) is 1.66. The second kappa shape index (κ2) is 7.97. The number of benzene rings is 1. The molecule has 0 aliphatic carbocycles. The van der Waals surface area contributed by atoms with E-state index in [9.17, 15) is 9.90 Å². The van der Waals surface area contributed by atoms with E-state index in [4.69, 9.17) is 9.47 Å². The number of pyridine rings is 1. The first-order valence-corrected chi connectivity index (χ1v) is 9.99. The Morgan fingerprint density at radius 2 is 2.04 bits per heavy atom. The quantitative estimate of drug-likeness (QED) is 0.829. The van der Waals surface area contributed by atoms with Crippen LogP contribution in [0.2, 0.25) is 0 Å². The number of likely N-dealkylation sites (tertiary alicyclic amines) is 1. The van der Waals surface area contributed by atoms with Crippen molar-refractivity contribution in [2.45, 2.75) is 31.8 Å². The lowest BCUT2D eigenvalue weighted by Crippen LogP contribution is -2.50. The number of fused-ring (bicyclic) bond motifs is 4. The molecule has 2 bridgehead atoms. The van der Waals surface area contributed by atoms with Gasteiger partial charge in [0.05, 0.1) is 26.4 Å². The Kier molecular flexibility index (Phi) is 5.42. The van der Waals surface area contributed by atoms with Crippen LogP contribution < -0.4 is 15.0 Å². The van der Waals surface area contributed by atoms with Crippen LogP contribution in [0.25, 0.3) is 0 Å². The molecule has 6 nitrogen and oxygen atoms in total. The van der Waals surface area contributed by atoms with Gasteiger partial charge in [0.25, 0.3) is 5.56 Å². The van der Waals surface area contributed by atoms with E-state index < -0.39 is 0 Å². The van der Waals surface area contributed by atoms with Gasteiger partial charge >= 0.3 is 0 Å². The third-order valence-corrected chi connectivity index (χ3v) is 6.00. The first kappa shape index (κ1) is 19.0. The lowest BCUT2D eigenvalue weighted by Gasteiger charge is -2.46. The first-order valence-electron chi connectivity index (χ1n) is 9.99. The number of aliphatic hydroxyl groups excluding tert-OH is 1. The predicted octanol–water partition coefficient (Wildman–Crippen LogP) is 2.41. The van der Waals surface area contributed by atoms with Gasteiger partial charge in [-0.2, -0.15) is 0 Å². The molecule has 28 heavy (non-hydrogen) atoms. The first-order chi connectivity index (χ1) is 13.6. The average Bonchev–Trinajstić information content (AvgIpc) is 2.70. The van der Waals surface area contributed by atoms with Crippen molar-refractivity contribution in [3.8, 4) is 11.5 Å². The summed E-state index contributed by atoms with van der Waals surface area (Å²) in [6.07, 6.45) is 1.03. The SMILES string of the molecule is CCOc1ccc(CN2C[C@H]3C[C@@H](C2)[C@H](CO)n2c3cccc2=O)cc1OC. The van der Waals surface area contributed by atoms with E-state index in [1.165, 1.54) is 5.56 Å². The van der Waals surface area contributed by atoms with Crippen molar-refractivity contribution in [1.29, 1.82) is 0 Å². The molecule has 6 heteroatoms. The Labute approximate surface area is 165 Å². The van der Waals surface area contributed by atoms with Gasteiger partial charge in [-0.25, -0.2) is 0 Å². The van der Waals surface area contributed by atoms with Crippen molar-refractivity contribution >= 4 is 0 Å². The molecule has 2 aliphatic rings. The van der Waals surface area contributed by atoms with Gasteiger partial charge in [0, 0.05) is 37.3 Å². The lowest BCUT2D eigenvalue weighted by molar-refractivity contribution is 0.0580. The Hall–Kier alpha value is -2.31. The number of nitrogens with zero attached hydrogens (tertiary/aromatic N) is 2. The Morgan fingerprint density at radius 1 is 1.18 bits per heavy atom. The number of methoxy groups -OCH3 is 1. The molecular formula is C22H28N2O4. The van der Waals surface area contributed by atoms with Crippen LogP contribution in [0.15, 0.2) is 41.2 Å². The number of piperidine rings is 1. The lowest BCUT2D eigenvalue weighted by atomic mass is 9.78. The molecule has 0 amide bonds. The van der Waals surface area contributed by atoms with Crippen LogP contribution >= 0.6 is 0 Å². The van der Waals surface area contributed by atoms with Gasteiger partial charge in [0.15, 0.2) is 11.5 Å². The average molecular weight is 384 g/mol. The van der Waals surface area contributed by atoms with Crippen molar-refractivity contribution in [2.75, 3.05) is 33.4 Å². The molecule has 4 rings (SSSR count). The Morgan fingerprint density at radius 3 is 2.79 bits per heavy atom. The molecule has 1 aromatic carbocycles. The normalized spacial score (nSPS) is 23.9. The number of hydrogen-bond donors (Lipinski definition) is 1. The van der Waals surface area contributed by atoms with Crippen molar-refractivity contribution in [1.82, 2.24) is 9.47 Å². The molecule has 1 saturated heterocycles. The summed E-state index contributed by atoms with van der Waals surface area (Å²) >= 11 is 0. The molecule has 150 valence electrons. The molecule has 3 atom stereocenters. The molecule has 3 heterocycles. The van der Waals surface area contributed by atoms with E-state index in [0.29, 0.717) is 12.5 Å². The largest absolute Gasteiger partial charge is 0.493 e. The van der Waals surface area contributed by atoms with E-state index in [1.807, 2.05) is 35.8 Å². The van der Waals surface area contributed by atoms with Gasteiger partial charge in [0.1, 0.15) is 0 Å². The second-order valence-corrected chi connectivity index (χ2v) is 7.71. The number of aliphatic hydroxyl groups is 1. The fourth-order valence-electron chi connectivity index (χ4n) is 4.84. The number of aromatic nitrogens is 1. The maximum absolute atomic E-state index is 12.4. The summed E-state index contributed by atoms with van der Waals surface area (Å²) < 4.78 is 12.9. The molecule has 1 N–H and O–H groups in total. The summed E-state index contributed by atoms with van der Waals surface area (Å²) in [6, 6.07) is 11.4. The number of rotatable bonds is 6. The van der Waals surface area contributed by atoms with Crippen molar-refractivity contribution < 1.29 is 14.6 Å². The van der Waals surface area contributed by atoms with Crippen molar-refractivity contribution in [3.63, 3.8) is 0 Å². The van der Waals surface area contributed by atoms with Crippen molar-refractivity contribution in [2.24, 2.45) is 5.92 Å². The maximum Gasteiger partial charge on any atom is 0.251 e. The standard InChI is InChI=1S/C22H28N2O4/c1-3-28-20-8-7-15(9-21(20)27-2)11-23-12-16-10-17(13-23)19(14-25)24-18(16)5-4-6-22(24)26/h4-9,16-17,19,25H,3,10-14H2,1-2H3/t16-,17+,19+/m1/s1. The van der Waals surface area contributed by atoms with Gasteiger partial charge in [0.2, 0.25) is 0 Å². The Bertz CT molecular complexity index is 894. The molecular weight excluding hydrogens is 356 g/mol. The monoisotopic (exact) mass is 384 g/mol. The Balaban J connectivity index is 1.57. The van der Waals surface area contributed by atoms with Crippen LogP contribution in [0.4, 0.5) is 0 Å². The van der Waals surface area contributed by atoms with Crippen LogP contribution in [-0.4, -0.2) is 48.0 Å². The van der Waals surface area contributed by atoms with E-state index in [1.54, 1.807) is 13.2 Å². The minimum Gasteiger partial charge on any atom is -0.493 e. The highest BCUT2D eigenvalue weighted by Gasteiger charge is 2.40. The highest BCUT2D eigenvalue weighted by Crippen LogP contribution is 2.41. The van der Waals surface area contributed by atoms with E-state index >= 15 is 0 Å². The summed E-state index contributed by atoms with van der Waals surface area (Å²) in [5.74, 6) is 2.11. The predicted molar refractivity (Wildman–Crippen MR) is 107 cm³/mol. The zero-order valence-corrected chi connectivity index (χ0v) is 16.5. The smallest absolute Gasteiger partial charge is 0.251 e. The van der Waals surface area contributed by atoms with Crippen molar-refractivity contribution in [3.05, 3.63) is 58.0 Å². The van der Waals surface area contributed by atoms with Gasteiger partial charge < -0.3 is 19.1 Å². The highest BCUT2D eigenvalue weighted by molar-refractivity contribution is 5.43. The van der Waals surface area contributed by atoms with E-state index in [2.05, 4.69) is 11.0 Å². The van der Waals surface area contributed by atoms with Crippen LogP contribution in [-0.2, 0) is 6.54 Å². The van der Waals surface area contributed by atoms with Gasteiger partial charge in [-0.05, 0) is 43.0 Å². The van der Waals surface area contributed by atoms with E-state index in [-0.39, 0.29) is 24.1 Å². The van der Waals surface area contributed by atoms with Crippen LogP contribution in [0.5, 0.6) is 11.5 Å². The van der Waals surface area contributed by atoms with Crippen LogP contribution in [0.3, 0.4) is 0 Å². The van der Waals surface area contributed by atoms with Gasteiger partial charge in [-0.3, -0.25) is 9.69 Å². The van der Waals surface area contributed by atoms with Gasteiger partial charge in [-0.1, -0.05) is 12.1 Å². The molecule has 0 radical (unpaired) electrons. The number of hydrogen-bond acceptors (Lipinski definition) is 5. The third-order valence-electron chi connectivity index (χ3n) is 6.00. The maximum atomic E-state index is 12.4. The minimum absolute atomic E-state index is 0.000969. The number of ether oxygens (including phenoxy) is 2. The molecule has 0 spiro atoms. The summed E-state index contributed by atoms with van der Waals surface area (Å²) in [5.41, 5.74) is 2.22. The molecule has 1 fully saturated rings. The molecule has 0 unspecified atom stereocenters. The van der Waals surface area contributed by atoms with Crippen LogP contribution in [0, 0.1) is 5.92 Å². The van der Waals surface area contributed by atoms with Crippen LogP contribution in [0.1, 0.15) is 36.6 Å². The molecule has 1 aromatic heterocycles.